The minimum Gasteiger partial charge on any atom is -0.394 e. The topological polar surface area (TPSA) is 339 Å². The average molecular weight is 681 g/mol. The van der Waals surface area contributed by atoms with Crippen molar-refractivity contribution in [3.63, 3.8) is 0 Å². The van der Waals surface area contributed by atoms with Gasteiger partial charge >= 0.3 is 0 Å². The van der Waals surface area contributed by atoms with Gasteiger partial charge in [0.2, 0.25) is 0 Å². The number of hydrogen-bond acceptors (Lipinski definition) is 20. The van der Waals surface area contributed by atoms with E-state index in [-0.39, 0.29) is 0 Å². The molecule has 20 heteroatoms. The van der Waals surface area contributed by atoms with Gasteiger partial charge in [0, 0.05) is 0 Å². The van der Waals surface area contributed by atoms with Crippen LogP contribution in [0.15, 0.2) is 0 Å². The fourth-order valence-corrected chi connectivity index (χ4v) is 5.60. The maximum absolute atomic E-state index is 10.2. The van der Waals surface area contributed by atoms with Gasteiger partial charge < -0.3 is 99.9 Å². The van der Waals surface area contributed by atoms with Gasteiger partial charge in [0.05, 0.1) is 39.6 Å². The van der Waals surface area contributed by atoms with Crippen LogP contribution in [0.1, 0.15) is 13.8 Å². The number of hydrogen-bond donors (Lipinski definition) is 14. The molecule has 4 heterocycles. The van der Waals surface area contributed by atoms with Gasteiger partial charge in [-0.1, -0.05) is 0 Å². The van der Waals surface area contributed by atoms with Crippen LogP contribution in [0.4, 0.5) is 0 Å². The van der Waals surface area contributed by atoms with Crippen LogP contribution in [0.5, 0.6) is 0 Å². The Labute approximate surface area is 263 Å². The van der Waals surface area contributed by atoms with Crippen molar-refractivity contribution in [1.29, 1.82) is 0 Å². The van der Waals surface area contributed by atoms with Gasteiger partial charge in [-0.3, -0.25) is 0 Å². The zero-order chi connectivity index (χ0) is 34.7. The normalized spacial score (nSPS) is 51.1. The van der Waals surface area contributed by atoms with Crippen LogP contribution in [0, 0.1) is 0 Å². The van der Waals surface area contributed by atoms with E-state index >= 15 is 0 Å². The van der Waals surface area contributed by atoms with Gasteiger partial charge in [-0.2, -0.15) is 0 Å². The van der Waals surface area contributed by atoms with Crippen LogP contribution in [0.2, 0.25) is 0 Å². The highest BCUT2D eigenvalue weighted by Crippen LogP contribution is 2.36. The van der Waals surface area contributed by atoms with Crippen LogP contribution in [0.25, 0.3) is 0 Å². The first-order chi connectivity index (χ1) is 21.6. The molecule has 0 bridgehead atoms. The molecule has 0 aromatic carbocycles. The van der Waals surface area contributed by atoms with Gasteiger partial charge in [0.25, 0.3) is 0 Å². The lowest BCUT2D eigenvalue weighted by molar-refractivity contribution is -0.318. The third-order valence-electron chi connectivity index (χ3n) is 8.71. The van der Waals surface area contributed by atoms with Gasteiger partial charge in [-0.05, 0) is 13.8 Å². The molecule has 18 atom stereocenters. The van der Waals surface area contributed by atoms with Crippen LogP contribution < -0.4 is 0 Å². The van der Waals surface area contributed by atoms with Crippen LogP contribution in [-0.2, 0) is 28.4 Å². The van der Waals surface area contributed by atoms with Gasteiger partial charge in [-0.25, -0.2) is 0 Å². The number of rotatable bonds is 10. The number of aliphatic hydroxyl groups excluding tert-OH is 14. The van der Waals surface area contributed by atoms with Crippen LogP contribution >= 0.6 is 0 Å². The molecule has 0 radical (unpaired) electrons. The second-order valence-electron chi connectivity index (χ2n) is 12.1. The van der Waals surface area contributed by atoms with E-state index in [1.807, 2.05) is 0 Å². The molecule has 4 saturated heterocycles. The molecule has 272 valence electrons. The first-order valence-electron chi connectivity index (χ1n) is 14.6. The summed E-state index contributed by atoms with van der Waals surface area (Å²) in [6, 6.07) is 0. The Kier molecular flexibility index (Phi) is 14.0. The van der Waals surface area contributed by atoms with E-state index < -0.39 is 149 Å². The molecule has 46 heavy (non-hydrogen) atoms. The Bertz CT molecular complexity index is 858. The van der Waals surface area contributed by atoms with Crippen molar-refractivity contribution >= 4 is 0 Å². The van der Waals surface area contributed by atoms with Crippen molar-refractivity contribution in [2.45, 2.75) is 123 Å². The maximum Gasteiger partial charge on any atom is 0.187 e. The lowest BCUT2D eigenvalue weighted by Gasteiger charge is -2.41. The van der Waals surface area contributed by atoms with E-state index in [1.165, 1.54) is 13.8 Å². The Morgan fingerprint density at radius 3 is 1.02 bits per heavy atom. The van der Waals surface area contributed by atoms with Crippen LogP contribution in [0.3, 0.4) is 0 Å². The fraction of sp³-hybridized carbons (Fsp3) is 1.00. The second kappa shape index (κ2) is 16.3. The molecule has 4 aliphatic heterocycles. The molecule has 0 spiro atoms. The van der Waals surface area contributed by atoms with E-state index in [9.17, 15) is 61.3 Å². The maximum atomic E-state index is 10.2. The summed E-state index contributed by atoms with van der Waals surface area (Å²) in [5, 5.41) is 135. The number of aliphatic hydroxyl groups is 14. The minimum absolute atomic E-state index is 0.519. The smallest absolute Gasteiger partial charge is 0.187 e. The predicted octanol–water partition coefficient (Wildman–Crippen LogP) is -8.65. The molecule has 14 N–H and O–H groups in total. The summed E-state index contributed by atoms with van der Waals surface area (Å²) < 4.78 is 32.0. The molecular weight excluding hydrogens is 632 g/mol. The molecule has 4 fully saturated rings. The molecule has 6 unspecified atom stereocenters. The SMILES string of the molecule is C[C@@]1(CO)O[C@H](CO)[C@H](O[C@@H]2OC(CO)[C@H](O)[C@@H](O)C2O)C1O.C[C@]1(CO)O[C@H](CO)[C@H](O[C@@H]2OC(CO)[C@H](O)[C@@H](O)C2O)C1O. The molecule has 0 aromatic rings. The largest absolute Gasteiger partial charge is 0.394 e. The molecule has 0 aliphatic carbocycles. The van der Waals surface area contributed by atoms with Gasteiger partial charge in [0.15, 0.2) is 12.6 Å². The standard InChI is InChI=1S/2C13H24O10/c2*1-13(4-16)11(20)10(6(3-15)23-13)22-12-9(19)8(18)7(17)5(2-14)21-12/h2*5-12,14-20H,2-4H2,1H3/t5?,6-,7+,8-,9?,10+,11?,12+,13+;5?,6-,7+,8-,9?,10+,11?,12+,13-/m11/s1. The highest BCUT2D eigenvalue weighted by atomic mass is 16.7. The van der Waals surface area contributed by atoms with Crippen molar-refractivity contribution in [2.24, 2.45) is 0 Å². The molecule has 20 nitrogen and oxygen atoms in total. The molecule has 4 rings (SSSR count). The third-order valence-corrected chi connectivity index (χ3v) is 8.71. The minimum atomic E-state index is -1.64. The van der Waals surface area contributed by atoms with E-state index in [0.29, 0.717) is 0 Å². The summed E-state index contributed by atoms with van der Waals surface area (Å²) in [4.78, 5) is 0. The molecule has 0 saturated carbocycles. The van der Waals surface area contributed by atoms with E-state index in [0.717, 1.165) is 0 Å². The monoisotopic (exact) mass is 680 g/mol. The zero-order valence-corrected chi connectivity index (χ0v) is 25.2. The Morgan fingerprint density at radius 2 is 0.761 bits per heavy atom. The summed E-state index contributed by atoms with van der Waals surface area (Å²) in [6.45, 7) is -0.478. The van der Waals surface area contributed by atoms with E-state index in [4.69, 9.17) is 38.6 Å². The summed E-state index contributed by atoms with van der Waals surface area (Å²) in [7, 11) is 0. The van der Waals surface area contributed by atoms with Crippen molar-refractivity contribution in [2.75, 3.05) is 39.6 Å². The quantitative estimate of drug-likeness (QED) is 0.102. The Balaban J connectivity index is 0.000000250. The van der Waals surface area contributed by atoms with Crippen molar-refractivity contribution < 1.29 is 99.9 Å². The zero-order valence-electron chi connectivity index (χ0n) is 25.2. The van der Waals surface area contributed by atoms with Crippen LogP contribution in [-0.4, -0.2) is 220 Å². The Hall–Kier alpha value is -0.800. The first kappa shape index (κ1) is 39.6. The molecular formula is C26H48O20. The number of ether oxygens (including phenoxy) is 6. The highest BCUT2D eigenvalue weighted by Gasteiger charge is 2.56. The van der Waals surface area contributed by atoms with E-state index in [1.54, 1.807) is 0 Å². The summed E-state index contributed by atoms with van der Waals surface area (Å²) in [5.74, 6) is 0. The fourth-order valence-electron chi connectivity index (χ4n) is 5.60. The van der Waals surface area contributed by atoms with Crippen molar-refractivity contribution in [1.82, 2.24) is 0 Å². The third kappa shape index (κ3) is 7.82. The van der Waals surface area contributed by atoms with Gasteiger partial charge in [-0.15, -0.1) is 0 Å². The Morgan fingerprint density at radius 1 is 0.457 bits per heavy atom. The molecule has 4 aliphatic rings. The second-order valence-corrected chi connectivity index (χ2v) is 12.1. The van der Waals surface area contributed by atoms with Gasteiger partial charge in [0.1, 0.15) is 96.7 Å². The summed E-state index contributed by atoms with van der Waals surface area (Å²) >= 11 is 0. The highest BCUT2D eigenvalue weighted by molar-refractivity contribution is 5.02. The predicted molar refractivity (Wildman–Crippen MR) is 144 cm³/mol. The van der Waals surface area contributed by atoms with E-state index in [2.05, 4.69) is 0 Å². The van der Waals surface area contributed by atoms with Crippen molar-refractivity contribution in [3.05, 3.63) is 0 Å². The lowest BCUT2D eigenvalue weighted by Crippen LogP contribution is -2.60. The summed E-state index contributed by atoms with van der Waals surface area (Å²) in [6.07, 6.45) is -21.8. The summed E-state index contributed by atoms with van der Waals surface area (Å²) in [5.41, 5.74) is -2.74. The molecule has 0 aromatic heterocycles. The molecule has 0 amide bonds. The van der Waals surface area contributed by atoms with Crippen molar-refractivity contribution in [3.8, 4) is 0 Å². The lowest BCUT2D eigenvalue weighted by atomic mass is 9.96. The first-order valence-corrected chi connectivity index (χ1v) is 14.6. The average Bonchev–Trinajstić information content (AvgIpc) is 3.45.